The van der Waals surface area contributed by atoms with Gasteiger partial charge in [-0.3, -0.25) is 4.99 Å². The third-order valence-corrected chi connectivity index (χ3v) is 3.80. The molecule has 3 heteroatoms. The highest BCUT2D eigenvalue weighted by molar-refractivity contribution is 5.79. The second-order valence-electron chi connectivity index (χ2n) is 5.45. The molecule has 0 atom stereocenters. The van der Waals surface area contributed by atoms with Crippen LogP contribution in [0.3, 0.4) is 0 Å². The Hall–Kier alpha value is -1.19. The van der Waals surface area contributed by atoms with Gasteiger partial charge in [-0.25, -0.2) is 0 Å². The summed E-state index contributed by atoms with van der Waals surface area (Å²) in [4.78, 5) is 4.71. The van der Waals surface area contributed by atoms with Crippen molar-refractivity contribution in [2.45, 2.75) is 44.2 Å². The molecule has 1 aromatic rings. The first-order valence-corrected chi connectivity index (χ1v) is 7.73. The van der Waals surface area contributed by atoms with Gasteiger partial charge in [-0.05, 0) is 51.3 Å². The fraction of sp³-hybridized carbons (Fsp3) is 0.588. The van der Waals surface area contributed by atoms with E-state index in [0.717, 1.165) is 45.3 Å². The summed E-state index contributed by atoms with van der Waals surface area (Å²) >= 11 is 0. The zero-order valence-corrected chi connectivity index (χ0v) is 12.4. The molecule has 3 nitrogen and oxygen atoms in total. The standard InChI is InChI=1S/C17H26N2O/c1-18-12-5-13-20-17-10-8-16(9-11-17)19-14-15-6-3-2-4-7-15/h2-4,6-7,14,16-18H,5,8-13H2,1H3. The fourth-order valence-electron chi connectivity index (χ4n) is 2.59. The summed E-state index contributed by atoms with van der Waals surface area (Å²) in [6.45, 7) is 1.92. The molecule has 1 fully saturated rings. The van der Waals surface area contributed by atoms with Crippen LogP contribution in [0.5, 0.6) is 0 Å². The van der Waals surface area contributed by atoms with Crippen LogP contribution >= 0.6 is 0 Å². The molecule has 110 valence electrons. The van der Waals surface area contributed by atoms with Gasteiger partial charge in [-0.2, -0.15) is 0 Å². The Labute approximate surface area is 122 Å². The predicted octanol–water partition coefficient (Wildman–Crippen LogP) is 3.04. The molecule has 20 heavy (non-hydrogen) atoms. The van der Waals surface area contributed by atoms with Crippen LogP contribution in [0.25, 0.3) is 0 Å². The number of rotatable bonds is 7. The van der Waals surface area contributed by atoms with E-state index in [1.807, 2.05) is 19.3 Å². The van der Waals surface area contributed by atoms with Crippen LogP contribution < -0.4 is 5.32 Å². The van der Waals surface area contributed by atoms with E-state index >= 15 is 0 Å². The number of ether oxygens (including phenoxy) is 1. The molecule has 1 aliphatic carbocycles. The number of hydrogen-bond acceptors (Lipinski definition) is 3. The second kappa shape index (κ2) is 8.88. The lowest BCUT2D eigenvalue weighted by Crippen LogP contribution is -2.24. The van der Waals surface area contributed by atoms with Crippen molar-refractivity contribution in [3.05, 3.63) is 35.9 Å². The second-order valence-corrected chi connectivity index (χ2v) is 5.45. The van der Waals surface area contributed by atoms with Gasteiger partial charge in [0.15, 0.2) is 0 Å². The first-order chi connectivity index (χ1) is 9.88. The molecular weight excluding hydrogens is 248 g/mol. The molecule has 0 heterocycles. The lowest BCUT2D eigenvalue weighted by molar-refractivity contribution is 0.0244. The largest absolute Gasteiger partial charge is 0.378 e. The van der Waals surface area contributed by atoms with E-state index in [0.29, 0.717) is 12.1 Å². The van der Waals surface area contributed by atoms with E-state index in [-0.39, 0.29) is 0 Å². The third kappa shape index (κ3) is 5.43. The Morgan fingerprint density at radius 1 is 1.20 bits per heavy atom. The van der Waals surface area contributed by atoms with Gasteiger partial charge >= 0.3 is 0 Å². The first-order valence-electron chi connectivity index (χ1n) is 7.73. The summed E-state index contributed by atoms with van der Waals surface area (Å²) in [5, 5.41) is 3.15. The fourth-order valence-corrected chi connectivity index (χ4v) is 2.59. The third-order valence-electron chi connectivity index (χ3n) is 3.80. The van der Waals surface area contributed by atoms with Gasteiger partial charge < -0.3 is 10.1 Å². The monoisotopic (exact) mass is 274 g/mol. The highest BCUT2D eigenvalue weighted by atomic mass is 16.5. The minimum Gasteiger partial charge on any atom is -0.378 e. The molecule has 0 unspecified atom stereocenters. The Balaban J connectivity index is 1.65. The van der Waals surface area contributed by atoms with Crippen LogP contribution in [-0.2, 0) is 4.74 Å². The van der Waals surface area contributed by atoms with Gasteiger partial charge in [-0.1, -0.05) is 30.3 Å². The van der Waals surface area contributed by atoms with Crippen LogP contribution in [0.1, 0.15) is 37.7 Å². The predicted molar refractivity (Wildman–Crippen MR) is 84.6 cm³/mol. The Bertz CT molecular complexity index is 383. The van der Waals surface area contributed by atoms with Gasteiger partial charge in [0, 0.05) is 12.8 Å². The SMILES string of the molecule is CNCCCOC1CCC(N=Cc2ccccc2)CC1. The van der Waals surface area contributed by atoms with E-state index in [2.05, 4.69) is 29.6 Å². The minimum atomic E-state index is 0.454. The molecule has 0 aliphatic heterocycles. The lowest BCUT2D eigenvalue weighted by atomic mass is 9.93. The molecule has 0 spiro atoms. The molecule has 1 aromatic carbocycles. The summed E-state index contributed by atoms with van der Waals surface area (Å²) in [7, 11) is 1.98. The Morgan fingerprint density at radius 2 is 1.95 bits per heavy atom. The molecule has 2 rings (SSSR count). The zero-order valence-electron chi connectivity index (χ0n) is 12.4. The molecule has 0 saturated heterocycles. The van der Waals surface area contributed by atoms with Crippen LogP contribution in [0.15, 0.2) is 35.3 Å². The van der Waals surface area contributed by atoms with Crippen LogP contribution in [0, 0.1) is 0 Å². The summed E-state index contributed by atoms with van der Waals surface area (Å²) in [5.74, 6) is 0. The van der Waals surface area contributed by atoms with E-state index in [4.69, 9.17) is 9.73 Å². The topological polar surface area (TPSA) is 33.6 Å². The molecule has 1 saturated carbocycles. The number of nitrogens with zero attached hydrogens (tertiary/aromatic N) is 1. The van der Waals surface area contributed by atoms with Gasteiger partial charge in [0.25, 0.3) is 0 Å². The average Bonchev–Trinajstić information content (AvgIpc) is 2.52. The maximum atomic E-state index is 5.90. The number of nitrogens with one attached hydrogen (secondary N) is 1. The van der Waals surface area contributed by atoms with E-state index < -0.39 is 0 Å². The molecule has 1 aliphatic rings. The van der Waals surface area contributed by atoms with Crippen LogP contribution in [0.2, 0.25) is 0 Å². The Kier molecular flexibility index (Phi) is 6.75. The molecule has 0 radical (unpaired) electrons. The van der Waals surface area contributed by atoms with E-state index in [1.165, 1.54) is 5.56 Å². The van der Waals surface area contributed by atoms with Crippen molar-refractivity contribution < 1.29 is 4.74 Å². The van der Waals surface area contributed by atoms with Crippen molar-refractivity contribution in [2.24, 2.45) is 4.99 Å². The molecular formula is C17H26N2O. The van der Waals surface area contributed by atoms with Gasteiger partial charge in [0.05, 0.1) is 12.1 Å². The zero-order chi connectivity index (χ0) is 14.0. The van der Waals surface area contributed by atoms with E-state index in [1.54, 1.807) is 0 Å². The number of aliphatic imine (C=N–C) groups is 1. The van der Waals surface area contributed by atoms with Crippen molar-refractivity contribution in [1.29, 1.82) is 0 Å². The summed E-state index contributed by atoms with van der Waals surface area (Å²) < 4.78 is 5.90. The maximum absolute atomic E-state index is 5.90. The van der Waals surface area contributed by atoms with Gasteiger partial charge in [-0.15, -0.1) is 0 Å². The minimum absolute atomic E-state index is 0.454. The first kappa shape index (κ1) is 15.2. The number of benzene rings is 1. The lowest BCUT2D eigenvalue weighted by Gasteiger charge is -2.26. The van der Waals surface area contributed by atoms with Crippen molar-refractivity contribution in [1.82, 2.24) is 5.32 Å². The van der Waals surface area contributed by atoms with Crippen molar-refractivity contribution in [3.8, 4) is 0 Å². The van der Waals surface area contributed by atoms with Crippen molar-refractivity contribution in [3.63, 3.8) is 0 Å². The van der Waals surface area contributed by atoms with Crippen LogP contribution in [-0.4, -0.2) is 38.6 Å². The van der Waals surface area contributed by atoms with Crippen molar-refractivity contribution in [2.75, 3.05) is 20.2 Å². The molecule has 0 aromatic heterocycles. The smallest absolute Gasteiger partial charge is 0.0576 e. The van der Waals surface area contributed by atoms with Gasteiger partial charge in [0.1, 0.15) is 0 Å². The number of hydrogen-bond donors (Lipinski definition) is 1. The summed E-state index contributed by atoms with van der Waals surface area (Å²) in [5.41, 5.74) is 1.19. The average molecular weight is 274 g/mol. The van der Waals surface area contributed by atoms with Gasteiger partial charge in [0.2, 0.25) is 0 Å². The summed E-state index contributed by atoms with van der Waals surface area (Å²) in [6.07, 6.45) is 8.17. The van der Waals surface area contributed by atoms with Crippen LogP contribution in [0.4, 0.5) is 0 Å². The highest BCUT2D eigenvalue weighted by Crippen LogP contribution is 2.23. The molecule has 1 N–H and O–H groups in total. The Morgan fingerprint density at radius 3 is 2.65 bits per heavy atom. The molecule has 0 amide bonds. The summed E-state index contributed by atoms with van der Waals surface area (Å²) in [6, 6.07) is 10.8. The normalized spacial score (nSPS) is 23.2. The van der Waals surface area contributed by atoms with Crippen molar-refractivity contribution >= 4 is 6.21 Å². The quantitative estimate of drug-likeness (QED) is 0.612. The molecule has 0 bridgehead atoms. The maximum Gasteiger partial charge on any atom is 0.0576 e. The van der Waals surface area contributed by atoms with E-state index in [9.17, 15) is 0 Å². The highest BCUT2D eigenvalue weighted by Gasteiger charge is 2.20.